The molecule has 466 valence electrons. The number of aromatic amines is 1. The molecule has 0 amide bonds. The van der Waals surface area contributed by atoms with Crippen LogP contribution in [0, 0.1) is 0 Å². The van der Waals surface area contributed by atoms with Gasteiger partial charge in [0, 0.05) is 64.8 Å². The van der Waals surface area contributed by atoms with E-state index in [0.29, 0.717) is 0 Å². The summed E-state index contributed by atoms with van der Waals surface area (Å²) >= 11 is 7.01. The zero-order chi connectivity index (χ0) is 63.2. The van der Waals surface area contributed by atoms with E-state index in [9.17, 15) is 0 Å². The summed E-state index contributed by atoms with van der Waals surface area (Å²) in [5.74, 6) is 0. The van der Waals surface area contributed by atoms with Crippen LogP contribution >= 0.6 is 31.9 Å². The first kappa shape index (κ1) is 63.9. The SMILES string of the molecule is Brc1cc(-c2ccccc2)cc(-c2ccccc2)n1.Brc1ccc2c(c1)-c1ccccc1C2.C.C.CC1(C)OB(c2ccc3c(c2)c2ccccc2n3-c2ccccc2)OC1(C)C.c1ccc(-n2c3ccccc3c3cc(-c4ccc5[nH]c6ccccc6c5c4)ccc32)cc1. The molecule has 5 heterocycles. The second-order valence-electron chi connectivity index (χ2n) is 24.8. The summed E-state index contributed by atoms with van der Waals surface area (Å²) in [5, 5.41) is 7.55. The highest BCUT2D eigenvalue weighted by atomic mass is 79.9. The minimum absolute atomic E-state index is 0. The van der Waals surface area contributed by atoms with Gasteiger partial charge in [-0.2, -0.15) is 0 Å². The first-order valence-electron chi connectivity index (χ1n) is 31.6. The van der Waals surface area contributed by atoms with E-state index >= 15 is 0 Å². The first-order valence-corrected chi connectivity index (χ1v) is 33.2. The van der Waals surface area contributed by atoms with Crippen LogP contribution in [0.1, 0.15) is 53.7 Å². The molecule has 18 rings (SSSR count). The van der Waals surface area contributed by atoms with E-state index in [2.05, 4.69) is 333 Å². The van der Waals surface area contributed by atoms with Gasteiger partial charge in [0.05, 0.1) is 39.0 Å². The van der Waals surface area contributed by atoms with Crippen LogP contribution in [0.5, 0.6) is 0 Å². The van der Waals surface area contributed by atoms with Gasteiger partial charge in [-0.3, -0.25) is 0 Å². The van der Waals surface area contributed by atoms with Crippen LogP contribution in [0.25, 0.3) is 121 Å². The van der Waals surface area contributed by atoms with Crippen molar-refractivity contribution in [3.8, 4) is 56.0 Å². The van der Waals surface area contributed by atoms with Gasteiger partial charge in [0.25, 0.3) is 0 Å². The van der Waals surface area contributed by atoms with Crippen LogP contribution in [0.3, 0.4) is 0 Å². The van der Waals surface area contributed by atoms with Crippen molar-refractivity contribution in [3.63, 3.8) is 0 Å². The van der Waals surface area contributed by atoms with E-state index in [-0.39, 0.29) is 33.2 Å². The van der Waals surface area contributed by atoms with E-state index < -0.39 is 0 Å². The van der Waals surface area contributed by atoms with Gasteiger partial charge in [-0.15, -0.1) is 0 Å². The minimum atomic E-state index is -0.353. The van der Waals surface area contributed by atoms with Crippen LogP contribution in [-0.4, -0.2) is 37.4 Å². The fourth-order valence-corrected chi connectivity index (χ4v) is 14.0. The largest absolute Gasteiger partial charge is 0.494 e. The molecule has 1 aliphatic heterocycles. The molecule has 0 unspecified atom stereocenters. The summed E-state index contributed by atoms with van der Waals surface area (Å²) in [5.41, 5.74) is 22.5. The normalized spacial score (nSPS) is 13.2. The van der Waals surface area contributed by atoms with Gasteiger partial charge in [-0.05, 0) is 197 Å². The highest BCUT2D eigenvalue weighted by Gasteiger charge is 2.51. The van der Waals surface area contributed by atoms with Gasteiger partial charge in [-0.1, -0.05) is 237 Å². The minimum Gasteiger partial charge on any atom is -0.399 e. The van der Waals surface area contributed by atoms with Crippen molar-refractivity contribution < 1.29 is 9.31 Å². The van der Waals surface area contributed by atoms with Crippen molar-refractivity contribution >= 4 is 110 Å². The number of para-hydroxylation sites is 5. The Hall–Kier alpha value is -9.87. The van der Waals surface area contributed by atoms with Gasteiger partial charge in [0.2, 0.25) is 0 Å². The summed E-state index contributed by atoms with van der Waals surface area (Å²) in [4.78, 5) is 8.07. The van der Waals surface area contributed by atoms with Gasteiger partial charge in [0.1, 0.15) is 4.60 Å². The predicted molar refractivity (Wildman–Crippen MR) is 411 cm³/mol. The lowest BCUT2D eigenvalue weighted by molar-refractivity contribution is 0.00578. The molecule has 95 heavy (non-hydrogen) atoms. The summed E-state index contributed by atoms with van der Waals surface area (Å²) in [6, 6.07) is 107. The molecule has 0 bridgehead atoms. The van der Waals surface area contributed by atoms with Crippen LogP contribution in [-0.2, 0) is 15.7 Å². The molecule has 2 aliphatic rings. The Morgan fingerprint density at radius 1 is 0.368 bits per heavy atom. The summed E-state index contributed by atoms with van der Waals surface area (Å²) in [6.07, 6.45) is 1.08. The zero-order valence-electron chi connectivity index (χ0n) is 52.1. The molecule has 1 saturated heterocycles. The molecule has 1 aliphatic carbocycles. The van der Waals surface area contributed by atoms with Gasteiger partial charge < -0.3 is 23.4 Å². The lowest BCUT2D eigenvalue weighted by atomic mass is 9.78. The molecule has 1 fully saturated rings. The lowest BCUT2D eigenvalue weighted by Crippen LogP contribution is -2.41. The molecule has 0 saturated carbocycles. The summed E-state index contributed by atoms with van der Waals surface area (Å²) in [6.45, 7) is 8.36. The Balaban J connectivity index is 0.000000119. The Morgan fingerprint density at radius 2 is 0.842 bits per heavy atom. The van der Waals surface area contributed by atoms with Crippen molar-refractivity contribution in [3.05, 3.63) is 324 Å². The molecule has 0 spiro atoms. The zero-order valence-corrected chi connectivity index (χ0v) is 55.2. The Bertz CT molecular complexity index is 5340. The fourth-order valence-electron chi connectivity index (χ4n) is 13.2. The Kier molecular flexibility index (Phi) is 18.1. The van der Waals surface area contributed by atoms with Gasteiger partial charge in [-0.25, -0.2) is 4.98 Å². The average molecular weight is 1370 g/mol. The maximum absolute atomic E-state index is 6.27. The predicted octanol–water partition coefficient (Wildman–Crippen LogP) is 23.6. The van der Waals surface area contributed by atoms with Crippen LogP contribution < -0.4 is 5.46 Å². The number of nitrogens with zero attached hydrogens (tertiary/aromatic N) is 3. The Labute approximate surface area is 573 Å². The number of nitrogens with one attached hydrogen (secondary N) is 1. The number of benzene rings is 12. The van der Waals surface area contributed by atoms with E-state index in [1.165, 1.54) is 116 Å². The highest BCUT2D eigenvalue weighted by molar-refractivity contribution is 9.10. The van der Waals surface area contributed by atoms with E-state index in [1.54, 1.807) is 0 Å². The number of fused-ring (bicyclic) bond motifs is 12. The standard InChI is InChI=1S/C30H20N2.C24H24BNO2.C17H12BrN.C13H9Br.2CH4/c1-2-8-22(9-3-1)32-29-13-7-5-11-24(29)26-19-21(15-17-30(26)32)20-14-16-28-25(18-20)23-10-4-6-12-27(23)31-28;1-23(2)24(3,4)28-25(27-23)17-14-15-22-20(16-17)19-12-8-9-13-21(19)26(22)18-10-6-5-7-11-18;18-17-12-15(13-7-3-1-4-8-13)11-16(19-17)14-9-5-2-6-10-14;14-11-6-5-10-7-9-3-1-2-4-12(9)13(10)8-11;;/h1-19,31H;5-16H,1-4H3;1-12H;1-6,8H,7H2;2*1H4. The summed E-state index contributed by atoms with van der Waals surface area (Å²) < 4.78 is 19.2. The topological polar surface area (TPSA) is 57.0 Å². The molecule has 4 aromatic heterocycles. The molecule has 6 nitrogen and oxygen atoms in total. The van der Waals surface area contributed by atoms with Crippen molar-refractivity contribution in [1.82, 2.24) is 19.1 Å². The van der Waals surface area contributed by atoms with Gasteiger partial charge in [0.15, 0.2) is 0 Å². The number of H-pyrrole nitrogens is 1. The quantitative estimate of drug-likeness (QED) is 0.133. The smallest absolute Gasteiger partial charge is 0.399 e. The second kappa shape index (κ2) is 26.9. The third-order valence-electron chi connectivity index (χ3n) is 18.5. The number of hydrogen-bond acceptors (Lipinski definition) is 3. The summed E-state index contributed by atoms with van der Waals surface area (Å²) in [7, 11) is -0.353. The average Bonchev–Trinajstić information content (AvgIpc) is 1.60. The molecule has 1 N–H and O–H groups in total. The second-order valence-corrected chi connectivity index (χ2v) is 26.6. The van der Waals surface area contributed by atoms with Gasteiger partial charge >= 0.3 is 7.12 Å². The van der Waals surface area contributed by atoms with Crippen LogP contribution in [0.4, 0.5) is 0 Å². The van der Waals surface area contributed by atoms with E-state index in [0.717, 1.165) is 37.9 Å². The number of aromatic nitrogens is 4. The highest BCUT2D eigenvalue weighted by Crippen LogP contribution is 2.41. The van der Waals surface area contributed by atoms with Crippen LogP contribution in [0.15, 0.2) is 312 Å². The third kappa shape index (κ3) is 12.5. The van der Waals surface area contributed by atoms with Crippen molar-refractivity contribution in [2.45, 2.75) is 60.2 Å². The monoisotopic (exact) mass is 1360 g/mol. The molecular weight excluding hydrogens is 1290 g/mol. The molecule has 9 heteroatoms. The maximum atomic E-state index is 6.27. The Morgan fingerprint density at radius 3 is 1.47 bits per heavy atom. The number of rotatable bonds is 6. The number of halogens is 2. The lowest BCUT2D eigenvalue weighted by Gasteiger charge is -2.32. The molecule has 12 aromatic carbocycles. The molecule has 16 aromatic rings. The fraction of sp³-hybridized carbons (Fsp3) is 0.105. The number of hydrogen-bond donors (Lipinski definition) is 1. The van der Waals surface area contributed by atoms with E-state index in [1.807, 2.05) is 48.5 Å². The molecular formula is C86H73BBr2N4O2. The van der Waals surface area contributed by atoms with Crippen molar-refractivity contribution in [2.24, 2.45) is 0 Å². The third-order valence-corrected chi connectivity index (χ3v) is 19.4. The molecule has 0 atom stereocenters. The van der Waals surface area contributed by atoms with E-state index in [4.69, 9.17) is 9.31 Å². The maximum Gasteiger partial charge on any atom is 0.494 e. The van der Waals surface area contributed by atoms with Crippen molar-refractivity contribution in [1.29, 1.82) is 0 Å². The number of pyridine rings is 1. The molecule has 0 radical (unpaired) electrons. The van der Waals surface area contributed by atoms with Crippen LogP contribution in [0.2, 0.25) is 0 Å². The van der Waals surface area contributed by atoms with Crippen molar-refractivity contribution in [2.75, 3.05) is 0 Å². The first-order chi connectivity index (χ1) is 45.4.